The molecule has 3 heteroatoms. The summed E-state index contributed by atoms with van der Waals surface area (Å²) in [6.07, 6.45) is 1.22. The highest BCUT2D eigenvalue weighted by Crippen LogP contribution is 2.16. The van der Waals surface area contributed by atoms with Gasteiger partial charge < -0.3 is 10.2 Å². The van der Waals surface area contributed by atoms with Crippen molar-refractivity contribution in [3.63, 3.8) is 0 Å². The van der Waals surface area contributed by atoms with Gasteiger partial charge in [-0.3, -0.25) is 0 Å². The van der Waals surface area contributed by atoms with Crippen molar-refractivity contribution < 1.29 is 0 Å². The summed E-state index contributed by atoms with van der Waals surface area (Å²) in [5.41, 5.74) is 0. The quantitative estimate of drug-likeness (QED) is 0.657. The van der Waals surface area contributed by atoms with Gasteiger partial charge in [-0.05, 0) is 26.6 Å². The van der Waals surface area contributed by atoms with E-state index in [2.05, 4.69) is 56.7 Å². The van der Waals surface area contributed by atoms with Crippen LogP contribution in [0.15, 0.2) is 0 Å². The maximum atomic E-state index is 3.38. The fraction of sp³-hybridized carbons (Fsp3) is 1.00. The maximum absolute atomic E-state index is 3.38. The van der Waals surface area contributed by atoms with Crippen molar-refractivity contribution in [1.82, 2.24) is 10.2 Å². The molecule has 0 fully saturated rings. The van der Waals surface area contributed by atoms with Crippen LogP contribution in [0.4, 0.5) is 0 Å². The van der Waals surface area contributed by atoms with Crippen LogP contribution in [0.1, 0.15) is 34.1 Å². The molecule has 0 saturated heterocycles. The standard InChI is InChI=1S/C12H28N2S/c1-6-12(13-5)11(4)15-10-9-14(7-2)8-3/h11-13H,6-10H2,1-5H3. The van der Waals surface area contributed by atoms with E-state index in [4.69, 9.17) is 0 Å². The zero-order chi connectivity index (χ0) is 11.7. The minimum Gasteiger partial charge on any atom is -0.316 e. The summed E-state index contributed by atoms with van der Waals surface area (Å²) in [6.45, 7) is 12.6. The highest BCUT2D eigenvalue weighted by atomic mass is 32.2. The average molecular weight is 232 g/mol. The monoisotopic (exact) mass is 232 g/mol. The second kappa shape index (κ2) is 9.49. The van der Waals surface area contributed by atoms with E-state index in [0.717, 1.165) is 5.25 Å². The second-order valence-electron chi connectivity index (χ2n) is 3.91. The first-order chi connectivity index (χ1) is 7.19. The summed E-state index contributed by atoms with van der Waals surface area (Å²) in [7, 11) is 2.07. The zero-order valence-corrected chi connectivity index (χ0v) is 11.9. The molecule has 0 aliphatic carbocycles. The predicted molar refractivity (Wildman–Crippen MR) is 72.8 cm³/mol. The highest BCUT2D eigenvalue weighted by molar-refractivity contribution is 7.99. The summed E-state index contributed by atoms with van der Waals surface area (Å²) >= 11 is 2.09. The maximum Gasteiger partial charge on any atom is 0.0178 e. The molecular formula is C12H28N2S. The van der Waals surface area contributed by atoms with Crippen LogP contribution in [-0.2, 0) is 0 Å². The number of nitrogens with one attached hydrogen (secondary N) is 1. The van der Waals surface area contributed by atoms with E-state index < -0.39 is 0 Å². The Morgan fingerprint density at radius 2 is 1.80 bits per heavy atom. The molecule has 2 unspecified atom stereocenters. The summed E-state index contributed by atoms with van der Waals surface area (Å²) < 4.78 is 0. The largest absolute Gasteiger partial charge is 0.316 e. The van der Waals surface area contributed by atoms with Crippen LogP contribution in [0.25, 0.3) is 0 Å². The molecule has 92 valence electrons. The Morgan fingerprint density at radius 1 is 1.20 bits per heavy atom. The molecule has 0 spiro atoms. The van der Waals surface area contributed by atoms with E-state index in [0.29, 0.717) is 6.04 Å². The molecule has 0 aliphatic heterocycles. The lowest BCUT2D eigenvalue weighted by atomic mass is 10.2. The van der Waals surface area contributed by atoms with Gasteiger partial charge in [0, 0.05) is 23.6 Å². The van der Waals surface area contributed by atoms with Gasteiger partial charge in [-0.1, -0.05) is 27.7 Å². The lowest BCUT2D eigenvalue weighted by Gasteiger charge is -2.23. The van der Waals surface area contributed by atoms with Crippen molar-refractivity contribution in [3.05, 3.63) is 0 Å². The first-order valence-electron chi connectivity index (χ1n) is 6.20. The SMILES string of the molecule is CCC(NC)C(C)SCCN(CC)CC. The van der Waals surface area contributed by atoms with Crippen LogP contribution < -0.4 is 5.32 Å². The fourth-order valence-corrected chi connectivity index (χ4v) is 3.09. The van der Waals surface area contributed by atoms with Gasteiger partial charge in [-0.25, -0.2) is 0 Å². The zero-order valence-electron chi connectivity index (χ0n) is 11.0. The summed E-state index contributed by atoms with van der Waals surface area (Å²) in [5, 5.41) is 4.10. The minimum atomic E-state index is 0.659. The second-order valence-corrected chi connectivity index (χ2v) is 5.39. The van der Waals surface area contributed by atoms with Gasteiger partial charge in [0.25, 0.3) is 0 Å². The van der Waals surface area contributed by atoms with Crippen LogP contribution in [0.2, 0.25) is 0 Å². The van der Waals surface area contributed by atoms with Crippen molar-refractivity contribution in [2.24, 2.45) is 0 Å². The Bertz CT molecular complexity index is 134. The van der Waals surface area contributed by atoms with Gasteiger partial charge in [0.15, 0.2) is 0 Å². The normalized spacial score (nSPS) is 15.6. The lowest BCUT2D eigenvalue weighted by molar-refractivity contribution is 0.323. The van der Waals surface area contributed by atoms with Gasteiger partial charge in [-0.2, -0.15) is 11.8 Å². The first kappa shape index (κ1) is 15.3. The molecule has 1 N–H and O–H groups in total. The van der Waals surface area contributed by atoms with Gasteiger partial charge >= 0.3 is 0 Å². The molecule has 15 heavy (non-hydrogen) atoms. The number of thioether (sulfide) groups is 1. The summed E-state index contributed by atoms with van der Waals surface area (Å²) in [4.78, 5) is 2.49. The molecule has 0 saturated carbocycles. The van der Waals surface area contributed by atoms with Crippen LogP contribution in [0.5, 0.6) is 0 Å². The third kappa shape index (κ3) is 6.44. The molecular weight excluding hydrogens is 204 g/mol. The van der Waals surface area contributed by atoms with E-state index in [1.165, 1.54) is 31.8 Å². The number of rotatable bonds is 9. The van der Waals surface area contributed by atoms with Gasteiger partial charge in [0.1, 0.15) is 0 Å². The van der Waals surface area contributed by atoms with Crippen LogP contribution in [-0.4, -0.2) is 48.6 Å². The third-order valence-electron chi connectivity index (χ3n) is 3.06. The molecule has 0 rings (SSSR count). The topological polar surface area (TPSA) is 15.3 Å². The molecule has 0 aliphatic rings. The Kier molecular flexibility index (Phi) is 9.66. The van der Waals surface area contributed by atoms with Crippen LogP contribution in [0.3, 0.4) is 0 Å². The molecule has 2 nitrogen and oxygen atoms in total. The van der Waals surface area contributed by atoms with Crippen molar-refractivity contribution in [3.8, 4) is 0 Å². The Morgan fingerprint density at radius 3 is 2.20 bits per heavy atom. The van der Waals surface area contributed by atoms with E-state index in [9.17, 15) is 0 Å². The number of nitrogens with zero attached hydrogens (tertiary/aromatic N) is 1. The minimum absolute atomic E-state index is 0.659. The lowest BCUT2D eigenvalue weighted by Crippen LogP contribution is -2.34. The number of hydrogen-bond acceptors (Lipinski definition) is 3. The fourth-order valence-electron chi connectivity index (χ4n) is 1.79. The first-order valence-corrected chi connectivity index (χ1v) is 7.25. The molecule has 0 amide bonds. The van der Waals surface area contributed by atoms with E-state index in [1.54, 1.807) is 0 Å². The Labute approximate surface area is 100 Å². The Hall–Kier alpha value is 0.270. The van der Waals surface area contributed by atoms with Crippen molar-refractivity contribution >= 4 is 11.8 Å². The van der Waals surface area contributed by atoms with Gasteiger partial charge in [-0.15, -0.1) is 0 Å². The van der Waals surface area contributed by atoms with Gasteiger partial charge in [0.05, 0.1) is 0 Å². The van der Waals surface area contributed by atoms with Crippen molar-refractivity contribution in [1.29, 1.82) is 0 Å². The van der Waals surface area contributed by atoms with E-state index in [-0.39, 0.29) is 0 Å². The average Bonchev–Trinajstić information content (AvgIpc) is 2.26. The Balaban J connectivity index is 3.65. The molecule has 0 radical (unpaired) electrons. The van der Waals surface area contributed by atoms with Crippen molar-refractivity contribution in [2.45, 2.75) is 45.4 Å². The highest BCUT2D eigenvalue weighted by Gasteiger charge is 2.13. The summed E-state index contributed by atoms with van der Waals surface area (Å²) in [5.74, 6) is 1.25. The van der Waals surface area contributed by atoms with Crippen LogP contribution in [0, 0.1) is 0 Å². The summed E-state index contributed by atoms with van der Waals surface area (Å²) in [6, 6.07) is 0.659. The molecule has 0 heterocycles. The molecule has 0 aromatic heterocycles. The molecule has 0 bridgehead atoms. The predicted octanol–water partition coefficient (Wildman–Crippen LogP) is 2.45. The molecule has 0 aromatic rings. The number of hydrogen-bond donors (Lipinski definition) is 1. The third-order valence-corrected chi connectivity index (χ3v) is 4.33. The smallest absolute Gasteiger partial charge is 0.0178 e. The molecule has 2 atom stereocenters. The van der Waals surface area contributed by atoms with E-state index in [1.807, 2.05) is 0 Å². The van der Waals surface area contributed by atoms with E-state index >= 15 is 0 Å². The van der Waals surface area contributed by atoms with Crippen molar-refractivity contribution in [2.75, 3.05) is 32.4 Å². The van der Waals surface area contributed by atoms with Gasteiger partial charge in [0.2, 0.25) is 0 Å². The van der Waals surface area contributed by atoms with Crippen LogP contribution >= 0.6 is 11.8 Å². The molecule has 0 aromatic carbocycles.